The van der Waals surface area contributed by atoms with Gasteiger partial charge >= 0.3 is 5.97 Å². The molecule has 1 amide bonds. The first kappa shape index (κ1) is 13.8. The predicted molar refractivity (Wildman–Crippen MR) is 59.4 cm³/mol. The SMILES string of the molecule is C#CCNC(=O)C(C)SC[C@H](N)C(=O)O. The molecule has 4 N–H and O–H groups in total. The smallest absolute Gasteiger partial charge is 0.321 e. The highest BCUT2D eigenvalue weighted by atomic mass is 32.2. The minimum absolute atomic E-state index is 0.175. The average Bonchev–Trinajstić information content (AvgIpc) is 2.21. The molecular weight excluding hydrogens is 216 g/mol. The lowest BCUT2D eigenvalue weighted by molar-refractivity contribution is -0.138. The Balaban J connectivity index is 3.83. The van der Waals surface area contributed by atoms with Crippen molar-refractivity contribution < 1.29 is 14.7 Å². The van der Waals surface area contributed by atoms with Crippen LogP contribution in [0.3, 0.4) is 0 Å². The Kier molecular flexibility index (Phi) is 6.58. The van der Waals surface area contributed by atoms with Crippen LogP contribution in [0.4, 0.5) is 0 Å². The Morgan fingerprint density at radius 1 is 1.67 bits per heavy atom. The summed E-state index contributed by atoms with van der Waals surface area (Å²) in [6.45, 7) is 1.85. The number of nitrogens with two attached hydrogens (primary N) is 1. The van der Waals surface area contributed by atoms with E-state index in [1.54, 1.807) is 6.92 Å². The number of nitrogens with one attached hydrogen (secondary N) is 1. The lowest BCUT2D eigenvalue weighted by Gasteiger charge is -2.12. The number of carboxylic acid groups (broad SMARTS) is 1. The van der Waals surface area contributed by atoms with Crippen LogP contribution in [-0.2, 0) is 9.59 Å². The number of carbonyl (C=O) groups excluding carboxylic acids is 1. The summed E-state index contributed by atoms with van der Waals surface area (Å²) in [6, 6.07) is -0.946. The maximum Gasteiger partial charge on any atom is 0.321 e. The third kappa shape index (κ3) is 5.99. The van der Waals surface area contributed by atoms with Gasteiger partial charge in [0.05, 0.1) is 11.8 Å². The molecule has 0 rings (SSSR count). The minimum Gasteiger partial charge on any atom is -0.480 e. The van der Waals surface area contributed by atoms with E-state index in [2.05, 4.69) is 11.2 Å². The molecule has 15 heavy (non-hydrogen) atoms. The Bertz CT molecular complexity index is 275. The predicted octanol–water partition coefficient (Wildman–Crippen LogP) is -0.731. The molecule has 0 aliphatic rings. The zero-order valence-electron chi connectivity index (χ0n) is 8.40. The molecule has 84 valence electrons. The molecule has 0 heterocycles. The van der Waals surface area contributed by atoms with Crippen molar-refractivity contribution in [1.29, 1.82) is 0 Å². The highest BCUT2D eigenvalue weighted by Gasteiger charge is 2.17. The van der Waals surface area contributed by atoms with Gasteiger partial charge in [0, 0.05) is 5.75 Å². The molecule has 1 unspecified atom stereocenters. The third-order valence-electron chi connectivity index (χ3n) is 1.58. The summed E-state index contributed by atoms with van der Waals surface area (Å²) in [7, 11) is 0. The molecule has 0 saturated carbocycles. The lowest BCUT2D eigenvalue weighted by Crippen LogP contribution is -2.36. The van der Waals surface area contributed by atoms with Crippen LogP contribution in [0.15, 0.2) is 0 Å². The van der Waals surface area contributed by atoms with Crippen molar-refractivity contribution in [3.63, 3.8) is 0 Å². The molecule has 0 spiro atoms. The van der Waals surface area contributed by atoms with Gasteiger partial charge in [-0.2, -0.15) is 0 Å². The fourth-order valence-corrected chi connectivity index (χ4v) is 1.55. The third-order valence-corrected chi connectivity index (χ3v) is 2.84. The van der Waals surface area contributed by atoms with Crippen LogP contribution in [0.2, 0.25) is 0 Å². The van der Waals surface area contributed by atoms with Crippen molar-refractivity contribution in [1.82, 2.24) is 5.32 Å². The van der Waals surface area contributed by atoms with Crippen LogP contribution in [0.25, 0.3) is 0 Å². The molecule has 0 fully saturated rings. The zero-order chi connectivity index (χ0) is 11.8. The second-order valence-corrected chi connectivity index (χ2v) is 4.22. The average molecular weight is 230 g/mol. The number of aliphatic carboxylic acids is 1. The summed E-state index contributed by atoms with van der Waals surface area (Å²) in [4.78, 5) is 21.7. The number of terminal acetylenes is 1. The number of hydrogen-bond acceptors (Lipinski definition) is 4. The topological polar surface area (TPSA) is 92.4 Å². The van der Waals surface area contributed by atoms with Crippen molar-refractivity contribution in [2.45, 2.75) is 18.2 Å². The van der Waals surface area contributed by atoms with Gasteiger partial charge in [-0.3, -0.25) is 9.59 Å². The van der Waals surface area contributed by atoms with Gasteiger partial charge in [0.25, 0.3) is 0 Å². The first-order chi connectivity index (χ1) is 6.99. The van der Waals surface area contributed by atoms with E-state index in [0.29, 0.717) is 0 Å². The molecule has 0 aromatic rings. The number of amides is 1. The quantitative estimate of drug-likeness (QED) is 0.523. The van der Waals surface area contributed by atoms with Crippen molar-refractivity contribution in [3.05, 3.63) is 0 Å². The Hall–Kier alpha value is -1.19. The first-order valence-corrected chi connectivity index (χ1v) is 5.35. The van der Waals surface area contributed by atoms with Crippen LogP contribution >= 0.6 is 11.8 Å². The van der Waals surface area contributed by atoms with Crippen molar-refractivity contribution >= 4 is 23.6 Å². The van der Waals surface area contributed by atoms with E-state index in [-0.39, 0.29) is 23.5 Å². The standard InChI is InChI=1S/C9H14N2O3S/c1-3-4-11-8(12)6(2)15-5-7(10)9(13)14/h1,6-7H,4-5,10H2,2H3,(H,11,12)(H,13,14)/t6?,7-/m0/s1. The molecule has 0 aromatic carbocycles. The molecular formula is C9H14N2O3S. The first-order valence-electron chi connectivity index (χ1n) is 4.30. The van der Waals surface area contributed by atoms with Gasteiger partial charge in [0.15, 0.2) is 0 Å². The van der Waals surface area contributed by atoms with Gasteiger partial charge < -0.3 is 16.2 Å². The largest absolute Gasteiger partial charge is 0.480 e. The molecule has 2 atom stereocenters. The van der Waals surface area contributed by atoms with Crippen molar-refractivity contribution in [2.24, 2.45) is 5.73 Å². The fourth-order valence-electron chi connectivity index (χ4n) is 0.677. The Labute approximate surface area is 92.8 Å². The highest BCUT2D eigenvalue weighted by molar-refractivity contribution is 8.00. The van der Waals surface area contributed by atoms with E-state index in [1.165, 1.54) is 11.8 Å². The van der Waals surface area contributed by atoms with Crippen LogP contribution in [0.5, 0.6) is 0 Å². The number of carbonyl (C=O) groups is 2. The maximum atomic E-state index is 11.3. The number of carboxylic acids is 1. The van der Waals surface area contributed by atoms with Gasteiger partial charge in [-0.1, -0.05) is 5.92 Å². The van der Waals surface area contributed by atoms with E-state index in [4.69, 9.17) is 17.3 Å². The summed E-state index contributed by atoms with van der Waals surface area (Å²) in [5, 5.41) is 10.7. The van der Waals surface area contributed by atoms with Crippen LogP contribution in [-0.4, -0.2) is 40.6 Å². The van der Waals surface area contributed by atoms with Gasteiger partial charge in [-0.25, -0.2) is 0 Å². The summed E-state index contributed by atoms with van der Waals surface area (Å²) in [5.41, 5.74) is 5.28. The normalized spacial score (nSPS) is 13.7. The number of rotatable bonds is 6. The molecule has 0 aromatic heterocycles. The Morgan fingerprint density at radius 3 is 2.73 bits per heavy atom. The molecule has 0 saturated heterocycles. The monoisotopic (exact) mass is 230 g/mol. The summed E-state index contributed by atoms with van der Waals surface area (Å²) in [5.74, 6) is 1.19. The Morgan fingerprint density at radius 2 is 2.27 bits per heavy atom. The number of hydrogen-bond donors (Lipinski definition) is 3. The lowest BCUT2D eigenvalue weighted by atomic mass is 10.4. The van der Waals surface area contributed by atoms with Gasteiger partial charge in [-0.05, 0) is 6.92 Å². The van der Waals surface area contributed by atoms with E-state index < -0.39 is 12.0 Å². The summed E-state index contributed by atoms with van der Waals surface area (Å²) < 4.78 is 0. The molecule has 0 aliphatic carbocycles. The molecule has 0 aliphatic heterocycles. The van der Waals surface area contributed by atoms with Crippen LogP contribution in [0, 0.1) is 12.3 Å². The van der Waals surface area contributed by atoms with Crippen LogP contribution < -0.4 is 11.1 Å². The number of thioether (sulfide) groups is 1. The maximum absolute atomic E-state index is 11.3. The van der Waals surface area contributed by atoms with Gasteiger partial charge in [-0.15, -0.1) is 18.2 Å². The molecule has 0 radical (unpaired) electrons. The van der Waals surface area contributed by atoms with E-state index in [9.17, 15) is 9.59 Å². The molecule has 6 heteroatoms. The summed E-state index contributed by atoms with van der Waals surface area (Å²) in [6.07, 6.45) is 4.97. The summed E-state index contributed by atoms with van der Waals surface area (Å²) >= 11 is 1.18. The second-order valence-electron chi connectivity index (χ2n) is 2.84. The van der Waals surface area contributed by atoms with E-state index >= 15 is 0 Å². The zero-order valence-corrected chi connectivity index (χ0v) is 9.21. The fraction of sp³-hybridized carbons (Fsp3) is 0.556. The highest BCUT2D eigenvalue weighted by Crippen LogP contribution is 2.11. The van der Waals surface area contributed by atoms with Crippen molar-refractivity contribution in [3.8, 4) is 12.3 Å². The van der Waals surface area contributed by atoms with Crippen LogP contribution in [0.1, 0.15) is 6.92 Å². The van der Waals surface area contributed by atoms with E-state index in [0.717, 1.165) is 0 Å². The minimum atomic E-state index is -1.07. The molecule has 0 bridgehead atoms. The van der Waals surface area contributed by atoms with Gasteiger partial charge in [0.2, 0.25) is 5.91 Å². The van der Waals surface area contributed by atoms with E-state index in [1.807, 2.05) is 0 Å². The van der Waals surface area contributed by atoms with Crippen molar-refractivity contribution in [2.75, 3.05) is 12.3 Å². The van der Waals surface area contributed by atoms with Gasteiger partial charge in [0.1, 0.15) is 6.04 Å². The molecule has 5 nitrogen and oxygen atoms in total. The second kappa shape index (κ2) is 7.15.